The van der Waals surface area contributed by atoms with Gasteiger partial charge >= 0.3 is 6.09 Å². The van der Waals surface area contributed by atoms with Crippen molar-refractivity contribution in [3.63, 3.8) is 0 Å². The SMILES string of the molecule is Cc1ccc(N2CCC3(CCN(C(=O)OC(C)(C)C)CC3)CC2)cc1C1CCC(=O)NC1=O. The highest BCUT2D eigenvalue weighted by molar-refractivity contribution is 6.01. The number of nitrogens with zero attached hydrogens (tertiary/aromatic N) is 2. The topological polar surface area (TPSA) is 79.0 Å². The molecular weight excluding hydrogens is 418 g/mol. The number of carbonyl (C=O) groups is 3. The number of imide groups is 1. The number of hydrogen-bond donors (Lipinski definition) is 1. The van der Waals surface area contributed by atoms with Crippen LogP contribution in [0.15, 0.2) is 18.2 Å². The molecule has 180 valence electrons. The first kappa shape index (κ1) is 23.6. The second-order valence-corrected chi connectivity index (χ2v) is 11.0. The molecule has 4 rings (SSSR count). The molecule has 1 atom stereocenters. The number of likely N-dealkylation sites (tertiary alicyclic amines) is 1. The van der Waals surface area contributed by atoms with Crippen molar-refractivity contribution in [3.8, 4) is 0 Å². The lowest BCUT2D eigenvalue weighted by Gasteiger charge is -2.47. The standard InChI is InChI=1S/C26H37N3O4/c1-18-5-6-19(17-21(18)20-7-8-22(30)27-23(20)31)28-13-9-26(10-14-28)11-15-29(16-12-26)24(32)33-25(2,3)4/h5-6,17,20H,7-16H2,1-4H3,(H,27,30,31). The number of hydrogen-bond acceptors (Lipinski definition) is 5. The van der Waals surface area contributed by atoms with Gasteiger partial charge in [-0.1, -0.05) is 6.07 Å². The zero-order valence-corrected chi connectivity index (χ0v) is 20.4. The van der Waals surface area contributed by atoms with Crippen molar-refractivity contribution in [2.24, 2.45) is 5.41 Å². The highest BCUT2D eigenvalue weighted by Crippen LogP contribution is 2.43. The molecular formula is C26H37N3O4. The first-order valence-electron chi connectivity index (χ1n) is 12.2. The summed E-state index contributed by atoms with van der Waals surface area (Å²) in [7, 11) is 0. The van der Waals surface area contributed by atoms with Gasteiger partial charge in [-0.15, -0.1) is 0 Å². The van der Waals surface area contributed by atoms with Crippen molar-refractivity contribution >= 4 is 23.6 Å². The Balaban J connectivity index is 1.36. The summed E-state index contributed by atoms with van der Waals surface area (Å²) in [5.41, 5.74) is 3.12. The van der Waals surface area contributed by atoms with Crippen LogP contribution in [0, 0.1) is 12.3 Å². The molecule has 1 unspecified atom stereocenters. The maximum Gasteiger partial charge on any atom is 0.410 e. The van der Waals surface area contributed by atoms with Gasteiger partial charge < -0.3 is 14.5 Å². The van der Waals surface area contributed by atoms with E-state index in [1.54, 1.807) is 0 Å². The Morgan fingerprint density at radius 3 is 2.30 bits per heavy atom. The number of nitrogens with one attached hydrogen (secondary N) is 1. The summed E-state index contributed by atoms with van der Waals surface area (Å²) in [5, 5.41) is 2.49. The minimum absolute atomic E-state index is 0.177. The van der Waals surface area contributed by atoms with Crippen LogP contribution < -0.4 is 10.2 Å². The number of amides is 3. The van der Waals surface area contributed by atoms with E-state index in [9.17, 15) is 14.4 Å². The summed E-state index contributed by atoms with van der Waals surface area (Å²) in [5.74, 6) is -0.610. The number of ether oxygens (including phenoxy) is 1. The molecule has 1 aromatic rings. The van der Waals surface area contributed by atoms with Gasteiger partial charge in [-0.05, 0) is 88.5 Å². The van der Waals surface area contributed by atoms with Crippen LogP contribution in [-0.2, 0) is 14.3 Å². The Kier molecular flexibility index (Phi) is 6.43. The smallest absolute Gasteiger partial charge is 0.410 e. The second kappa shape index (κ2) is 8.99. The highest BCUT2D eigenvalue weighted by atomic mass is 16.6. The number of aryl methyl sites for hydroxylation is 1. The fourth-order valence-corrected chi connectivity index (χ4v) is 5.42. The first-order valence-corrected chi connectivity index (χ1v) is 12.2. The molecule has 1 N–H and O–H groups in total. The van der Waals surface area contributed by atoms with Gasteiger partial charge in [0.2, 0.25) is 11.8 Å². The largest absolute Gasteiger partial charge is 0.444 e. The fourth-order valence-electron chi connectivity index (χ4n) is 5.42. The number of anilines is 1. The van der Waals surface area contributed by atoms with E-state index in [-0.39, 0.29) is 23.8 Å². The average Bonchev–Trinajstić information content (AvgIpc) is 2.74. The van der Waals surface area contributed by atoms with Crippen LogP contribution >= 0.6 is 0 Å². The second-order valence-electron chi connectivity index (χ2n) is 11.0. The van der Waals surface area contributed by atoms with Crippen molar-refractivity contribution in [3.05, 3.63) is 29.3 Å². The van der Waals surface area contributed by atoms with E-state index in [2.05, 4.69) is 28.4 Å². The quantitative estimate of drug-likeness (QED) is 0.679. The molecule has 0 aromatic heterocycles. The van der Waals surface area contributed by atoms with Gasteiger partial charge in [0.05, 0.1) is 5.92 Å². The van der Waals surface area contributed by atoms with Gasteiger partial charge in [-0.25, -0.2) is 4.79 Å². The molecule has 3 fully saturated rings. The van der Waals surface area contributed by atoms with Gasteiger partial charge in [0, 0.05) is 38.3 Å². The van der Waals surface area contributed by atoms with Crippen LogP contribution in [0.1, 0.15) is 76.3 Å². The molecule has 1 aromatic carbocycles. The third kappa shape index (κ3) is 5.33. The zero-order valence-electron chi connectivity index (χ0n) is 20.4. The van der Waals surface area contributed by atoms with Crippen molar-refractivity contribution in [1.82, 2.24) is 10.2 Å². The molecule has 7 nitrogen and oxygen atoms in total. The van der Waals surface area contributed by atoms with E-state index in [0.29, 0.717) is 18.3 Å². The number of piperidine rings is 3. The first-order chi connectivity index (χ1) is 15.6. The zero-order chi connectivity index (χ0) is 23.8. The van der Waals surface area contributed by atoms with Crippen LogP contribution in [0.25, 0.3) is 0 Å². The molecule has 0 saturated carbocycles. The number of carbonyl (C=O) groups excluding carboxylic acids is 3. The molecule has 0 radical (unpaired) electrons. The van der Waals surface area contributed by atoms with Crippen molar-refractivity contribution in [1.29, 1.82) is 0 Å². The Morgan fingerprint density at radius 1 is 1.06 bits per heavy atom. The summed E-state index contributed by atoms with van der Waals surface area (Å²) in [4.78, 5) is 40.6. The van der Waals surface area contributed by atoms with Crippen LogP contribution in [0.3, 0.4) is 0 Å². The average molecular weight is 456 g/mol. The van der Waals surface area contributed by atoms with Gasteiger partial charge in [0.15, 0.2) is 0 Å². The molecule has 3 amide bonds. The highest BCUT2D eigenvalue weighted by Gasteiger charge is 2.39. The summed E-state index contributed by atoms with van der Waals surface area (Å²) >= 11 is 0. The molecule has 3 heterocycles. The van der Waals surface area contributed by atoms with E-state index < -0.39 is 5.60 Å². The van der Waals surface area contributed by atoms with Crippen LogP contribution in [-0.4, -0.2) is 54.6 Å². The minimum Gasteiger partial charge on any atom is -0.444 e. The van der Waals surface area contributed by atoms with Crippen molar-refractivity contribution in [2.45, 2.75) is 77.7 Å². The molecule has 1 spiro atoms. The third-order valence-corrected chi connectivity index (χ3v) is 7.54. The van der Waals surface area contributed by atoms with E-state index >= 15 is 0 Å². The Morgan fingerprint density at radius 2 is 1.70 bits per heavy atom. The van der Waals surface area contributed by atoms with E-state index in [4.69, 9.17) is 4.74 Å². The van der Waals surface area contributed by atoms with Crippen molar-refractivity contribution in [2.75, 3.05) is 31.1 Å². The van der Waals surface area contributed by atoms with Gasteiger partial charge in [-0.2, -0.15) is 0 Å². The summed E-state index contributed by atoms with van der Waals surface area (Å²) < 4.78 is 5.54. The molecule has 3 saturated heterocycles. The van der Waals surface area contributed by atoms with Crippen LogP contribution in [0.2, 0.25) is 0 Å². The number of benzene rings is 1. The van der Waals surface area contributed by atoms with Gasteiger partial charge in [-0.3, -0.25) is 14.9 Å². The van der Waals surface area contributed by atoms with Crippen LogP contribution in [0.5, 0.6) is 0 Å². The van der Waals surface area contributed by atoms with Gasteiger partial charge in [0.1, 0.15) is 5.60 Å². The predicted molar refractivity (Wildman–Crippen MR) is 127 cm³/mol. The Hall–Kier alpha value is -2.57. The lowest BCUT2D eigenvalue weighted by molar-refractivity contribution is -0.134. The number of rotatable bonds is 2. The summed E-state index contributed by atoms with van der Waals surface area (Å²) in [6.45, 7) is 11.2. The normalized spacial score (nSPS) is 23.5. The molecule has 3 aliphatic rings. The Labute approximate surface area is 196 Å². The molecule has 0 aliphatic carbocycles. The predicted octanol–water partition coefficient (Wildman–Crippen LogP) is 4.13. The molecule has 3 aliphatic heterocycles. The van der Waals surface area contributed by atoms with E-state index in [1.165, 1.54) is 0 Å². The van der Waals surface area contributed by atoms with Crippen LogP contribution in [0.4, 0.5) is 10.5 Å². The lowest BCUT2D eigenvalue weighted by Crippen LogP contribution is -2.49. The van der Waals surface area contributed by atoms with E-state index in [0.717, 1.165) is 68.7 Å². The monoisotopic (exact) mass is 455 g/mol. The minimum atomic E-state index is -0.460. The lowest BCUT2D eigenvalue weighted by atomic mass is 9.71. The fraction of sp³-hybridized carbons (Fsp3) is 0.654. The summed E-state index contributed by atoms with van der Waals surface area (Å²) in [6, 6.07) is 6.39. The summed E-state index contributed by atoms with van der Waals surface area (Å²) in [6.07, 6.45) is 5.03. The maximum absolute atomic E-state index is 12.4. The molecule has 0 bridgehead atoms. The Bertz CT molecular complexity index is 918. The molecule has 33 heavy (non-hydrogen) atoms. The third-order valence-electron chi connectivity index (χ3n) is 7.54. The maximum atomic E-state index is 12.4. The van der Waals surface area contributed by atoms with E-state index in [1.807, 2.05) is 32.6 Å². The van der Waals surface area contributed by atoms with Gasteiger partial charge in [0.25, 0.3) is 0 Å². The molecule has 7 heteroatoms. The van der Waals surface area contributed by atoms with Crippen molar-refractivity contribution < 1.29 is 19.1 Å².